The molecule has 5 fully saturated rings. The molecule has 5 rings (SSSR count). The fourth-order valence-corrected chi connectivity index (χ4v) is 12.0. The van der Waals surface area contributed by atoms with E-state index in [1.807, 2.05) is 0 Å². The van der Waals surface area contributed by atoms with E-state index in [-0.39, 0.29) is 0 Å². The second-order valence-electron chi connectivity index (χ2n) is 18.5. The lowest BCUT2D eigenvalue weighted by Gasteiger charge is -2.51. The molecule has 25 atom stereocenters. The number of carbonyl (C=O) groups is 2. The highest BCUT2D eigenvalue weighted by molar-refractivity contribution is 7.82. The smallest absolute Gasteiger partial charge is 0.397 e. The summed E-state index contributed by atoms with van der Waals surface area (Å²) in [6, 6.07) is -1.63. The molecule has 0 bridgehead atoms. The van der Waals surface area contributed by atoms with Crippen LogP contribution in [0, 0.1) is 0 Å². The van der Waals surface area contributed by atoms with Crippen molar-refractivity contribution in [1.82, 2.24) is 0 Å². The van der Waals surface area contributed by atoms with Crippen LogP contribution in [0.15, 0.2) is 0 Å². The predicted molar refractivity (Wildman–Crippen MR) is 261 cm³/mol. The zero-order valence-corrected chi connectivity index (χ0v) is 50.2. The Labute approximate surface area is 498 Å². The maximum atomic E-state index is 13.2. The molecule has 0 amide bonds. The van der Waals surface area contributed by atoms with Crippen molar-refractivity contribution in [2.24, 2.45) is 5.73 Å². The number of rotatable bonds is 31. The Morgan fingerprint density at radius 3 is 1.05 bits per heavy atom. The van der Waals surface area contributed by atoms with Crippen LogP contribution in [0.2, 0.25) is 0 Å². The van der Waals surface area contributed by atoms with Crippen LogP contribution in [0.5, 0.6) is 0 Å². The Morgan fingerprint density at radius 2 is 0.670 bits per heavy atom. The number of aliphatic hydroxyl groups is 2. The second kappa shape index (κ2) is 30.7. The molecule has 0 saturated carbocycles. The number of carboxylic acid groups (broad SMARTS) is 2. The quantitative estimate of drug-likeness (QED) is 0.0287. The van der Waals surface area contributed by atoms with E-state index in [4.69, 9.17) is 89.7 Å². The molecule has 88 heavy (non-hydrogen) atoms. The molecule has 0 aromatic carbocycles. The number of hydrogen-bond donors (Lipinski definition) is 11. The maximum absolute atomic E-state index is 13.2. The van der Waals surface area contributed by atoms with Crippen LogP contribution in [0.3, 0.4) is 0 Å². The highest BCUT2D eigenvalue weighted by Gasteiger charge is 2.62. The van der Waals surface area contributed by atoms with Crippen LogP contribution < -0.4 is 5.73 Å². The minimum absolute atomic E-state index is 0.788. The number of aliphatic hydroxyl groups excluding tert-OH is 2. The summed E-state index contributed by atoms with van der Waals surface area (Å²) in [6.07, 6.45) is -55.5. The summed E-state index contributed by atoms with van der Waals surface area (Å²) in [5.41, 5.74) is 6.23. The Morgan fingerprint density at radius 1 is 0.364 bits per heavy atom. The van der Waals surface area contributed by atoms with E-state index in [1.54, 1.807) is 0 Å². The summed E-state index contributed by atoms with van der Waals surface area (Å²) in [7, 11) is -29.0. The van der Waals surface area contributed by atoms with E-state index < -0.39 is 248 Å². The molecule has 0 radical (unpaired) electrons. The third-order valence-corrected chi connectivity index (χ3v) is 15.7. The summed E-state index contributed by atoms with van der Waals surface area (Å²) >= 11 is 0. The Bertz CT molecular complexity index is 3030. The Balaban J connectivity index is 1.59. The molecular weight excluding hydrogens is 1360 g/mol. The van der Waals surface area contributed by atoms with Crippen molar-refractivity contribution in [2.75, 3.05) is 62.5 Å². The molecule has 46 nitrogen and oxygen atoms in total. The summed E-state index contributed by atoms with van der Waals surface area (Å²) < 4.78 is 313. The molecule has 5 aliphatic heterocycles. The van der Waals surface area contributed by atoms with Gasteiger partial charge in [0.05, 0.1) is 25.9 Å². The average Bonchev–Trinajstić information content (AvgIpc) is 0.788. The molecule has 5 saturated heterocycles. The summed E-state index contributed by atoms with van der Waals surface area (Å²) in [6.45, 7) is -4.21. The lowest BCUT2D eigenvalue weighted by Crippen LogP contribution is -2.70. The largest absolute Gasteiger partial charge is 0.479 e. The van der Waals surface area contributed by atoms with E-state index in [9.17, 15) is 103 Å². The highest BCUT2D eigenvalue weighted by Crippen LogP contribution is 2.40. The molecule has 5 heterocycles. The summed E-state index contributed by atoms with van der Waals surface area (Å²) in [5, 5.41) is 42.6. The van der Waals surface area contributed by atoms with Crippen molar-refractivity contribution < 1.29 is 204 Å². The van der Waals surface area contributed by atoms with Crippen LogP contribution in [0.4, 0.5) is 0 Å². The molecule has 12 N–H and O–H groups in total. The van der Waals surface area contributed by atoms with Crippen molar-refractivity contribution >= 4 is 74.3 Å². The van der Waals surface area contributed by atoms with Crippen molar-refractivity contribution in [3.05, 3.63) is 0 Å². The van der Waals surface area contributed by atoms with Crippen molar-refractivity contribution in [1.29, 1.82) is 0 Å². The van der Waals surface area contributed by atoms with Gasteiger partial charge in [-0.15, -0.1) is 0 Å². The average molecular weight is 1420 g/mol. The maximum Gasteiger partial charge on any atom is 0.397 e. The van der Waals surface area contributed by atoms with E-state index in [0.717, 1.165) is 42.7 Å². The molecule has 0 unspecified atom stereocenters. The fourth-order valence-electron chi connectivity index (χ4n) is 9.63. The standard InChI is InChI=1S/C36H61NO45S6/c1-62-17-13(37)33(72-10(14(17)38)7-68-83(44,45)46)76-21-19(64-3)27(66-5)35(78-24(21)30(39)40)75-16-12(9-70-85(50,51)52)73-36(29(82-88(59,60)61)23(16)80-86(53,54)55)77-22-20(65-4)28(67-6)34(79-25(22)31(41)42)74-15-11(8-69-84(47,48)49)71-32(43)26(18(15)63-2)81-87(56,57)58/h10-29,32-36,38,43H,7-9,37H2,1-6H3,(H,39,40)(H,41,42)(H,44,45,46)(H,47,48,49)(H,50,51,52)(H,53,54,55)(H,56,57,58)(H,59,60,61)/t10-,11-,12-,13-,14-,15-,16-,17-,18+,19+,20+,21+,22+,23+,24+,25+,26-,27-,28-,29-,32+,33-,34+,35+,36-/m1/s1. The molecule has 5 aliphatic rings. The van der Waals surface area contributed by atoms with Gasteiger partial charge in [0.25, 0.3) is 0 Å². The highest BCUT2D eigenvalue weighted by atomic mass is 32.3. The van der Waals surface area contributed by atoms with Gasteiger partial charge >= 0.3 is 74.3 Å². The van der Waals surface area contributed by atoms with Gasteiger partial charge in [-0.2, -0.15) is 50.5 Å². The van der Waals surface area contributed by atoms with Crippen LogP contribution in [-0.2, 0) is 168 Å². The normalized spacial score (nSPS) is 39.2. The topological polar surface area (TPSA) is 661 Å². The number of hydrogen-bond acceptors (Lipinski definition) is 38. The Kier molecular flexibility index (Phi) is 26.5. The lowest BCUT2D eigenvalue weighted by atomic mass is 9.94. The summed E-state index contributed by atoms with van der Waals surface area (Å²) in [5.74, 6) is -4.17. The minimum Gasteiger partial charge on any atom is -0.479 e. The molecule has 516 valence electrons. The number of nitrogens with two attached hydrogens (primary N) is 1. The SMILES string of the molecule is CO[C@@H]1[C@@H](OC)[C@@H](O[C@H]2[C@H](OS(=O)(=O)O)[C@@H](OS(=O)(=O)O)[C@@H](O[C@H]3[C@H](OC)[C@@H](OC)[C@@H](O[C@H]4[C@H](OC)[C@@H](OS(=O)(=O)O)[C@@H](O)O[C@@H]4COS(=O)(=O)O)O[C@@H]3C(=O)O)O[C@@H]2COS(=O)(=O)O)O[C@H](C(=O)O)[C@H]1O[C@H]1O[C@H](COS(=O)(=O)O)[C@@H](O)[C@H](OC)[C@H]1N. The van der Waals surface area contributed by atoms with Gasteiger partial charge in [-0.05, 0) is 0 Å². The van der Waals surface area contributed by atoms with Crippen molar-refractivity contribution in [2.45, 2.75) is 153 Å². The Hall–Kier alpha value is -2.56. The molecule has 52 heteroatoms. The van der Waals surface area contributed by atoms with Gasteiger partial charge in [0.2, 0.25) is 0 Å². The number of methoxy groups -OCH3 is 6. The monoisotopic (exact) mass is 1420 g/mol. The van der Waals surface area contributed by atoms with Gasteiger partial charge in [-0.3, -0.25) is 27.3 Å². The molecule has 0 aromatic heterocycles. The van der Waals surface area contributed by atoms with Crippen LogP contribution in [0.25, 0.3) is 0 Å². The van der Waals surface area contributed by atoms with Gasteiger partial charge in [0.15, 0.2) is 55.9 Å². The van der Waals surface area contributed by atoms with Crippen LogP contribution in [-0.4, -0.2) is 326 Å². The lowest BCUT2D eigenvalue weighted by molar-refractivity contribution is -0.386. The second-order valence-corrected chi connectivity index (χ2v) is 24.9. The molecule has 0 aromatic rings. The third-order valence-electron chi connectivity index (χ3n) is 13.0. The first kappa shape index (κ1) is 76.2. The number of aliphatic carboxylic acids is 2. The first-order chi connectivity index (χ1) is 40.5. The van der Waals surface area contributed by atoms with Gasteiger partial charge in [0.1, 0.15) is 91.6 Å². The number of ether oxygens (including phenoxy) is 15. The van der Waals surface area contributed by atoms with E-state index in [2.05, 4.69) is 16.7 Å². The first-order valence-corrected chi connectivity index (χ1v) is 32.1. The first-order valence-electron chi connectivity index (χ1n) is 23.9. The molecular formula is C36H61NO45S6. The van der Waals surface area contributed by atoms with Gasteiger partial charge in [-0.1, -0.05) is 0 Å². The predicted octanol–water partition coefficient (Wildman–Crippen LogP) is -8.89. The third kappa shape index (κ3) is 20.5. The zero-order valence-electron chi connectivity index (χ0n) is 45.3. The van der Waals surface area contributed by atoms with Crippen LogP contribution >= 0.6 is 0 Å². The van der Waals surface area contributed by atoms with E-state index >= 15 is 0 Å². The van der Waals surface area contributed by atoms with Crippen molar-refractivity contribution in [3.63, 3.8) is 0 Å². The van der Waals surface area contributed by atoms with Gasteiger partial charge in [0, 0.05) is 42.7 Å². The minimum atomic E-state index is -6.15. The van der Waals surface area contributed by atoms with Gasteiger partial charge < -0.3 is 97.2 Å². The van der Waals surface area contributed by atoms with E-state index in [0.29, 0.717) is 0 Å². The number of carboxylic acids is 2. The van der Waals surface area contributed by atoms with Gasteiger partial charge in [-0.25, -0.2) is 34.7 Å². The summed E-state index contributed by atoms with van der Waals surface area (Å²) in [4.78, 5) is 26.3. The fraction of sp³-hybridized carbons (Fsp3) is 0.944. The van der Waals surface area contributed by atoms with Crippen molar-refractivity contribution in [3.8, 4) is 0 Å². The molecule has 0 aliphatic carbocycles. The van der Waals surface area contributed by atoms with Crippen LogP contribution in [0.1, 0.15) is 0 Å². The van der Waals surface area contributed by atoms with E-state index in [1.165, 1.54) is 0 Å². The zero-order chi connectivity index (χ0) is 66.6. The molecule has 0 spiro atoms.